The normalized spacial score (nSPS) is 19.1. The summed E-state index contributed by atoms with van der Waals surface area (Å²) < 4.78 is 18.0. The Kier molecular flexibility index (Phi) is 14.6. The molecule has 2 amide bonds. The van der Waals surface area contributed by atoms with Gasteiger partial charge in [-0.25, -0.2) is 0 Å². The second kappa shape index (κ2) is 17.1. The fourth-order valence-corrected chi connectivity index (χ4v) is 6.32. The van der Waals surface area contributed by atoms with Crippen molar-refractivity contribution < 1.29 is 28.7 Å². The first-order valence-corrected chi connectivity index (χ1v) is 16.2. The molecule has 0 heterocycles. The number of carbonyl (C=O) groups is 2. The summed E-state index contributed by atoms with van der Waals surface area (Å²) >= 11 is 0. The molecule has 0 spiro atoms. The molecule has 4 N–H and O–H groups in total. The number of aliphatic hydroxyl groups is 1. The van der Waals surface area contributed by atoms with Crippen molar-refractivity contribution in [2.75, 3.05) is 12.7 Å². The van der Waals surface area contributed by atoms with E-state index in [-0.39, 0.29) is 18.5 Å². The molecule has 1 aromatic carbocycles. The van der Waals surface area contributed by atoms with Gasteiger partial charge in [0.1, 0.15) is 6.10 Å². The lowest BCUT2D eigenvalue weighted by molar-refractivity contribution is -0.129. The summed E-state index contributed by atoms with van der Waals surface area (Å²) in [6.45, 7) is 5.92. The molecular weight excluding hydrogens is 503 g/mol. The van der Waals surface area contributed by atoms with Crippen LogP contribution in [0.1, 0.15) is 90.5 Å². The van der Waals surface area contributed by atoms with Gasteiger partial charge in [-0.15, -0.1) is 0 Å². The standard InChI is InChI=1S/C29H49N2O6P/c1-4-5-18-30-28(33)22(2)20-27(32)26(21-25-15-10-7-11-16-25)31-29(34)23(3)37-38(35,36)19-12-17-24-13-8-6-9-14-24/h6,8-9,13-14,22-23,25-27,32H,4-5,7,10-12,15-21H2,1-3H3,(H,30,33)(H,31,34)(H,35,36)/t22-,23-,26+,27+/m1/s1. The van der Waals surface area contributed by atoms with Crippen LogP contribution in [0.2, 0.25) is 0 Å². The van der Waals surface area contributed by atoms with Crippen LogP contribution in [0.25, 0.3) is 0 Å². The van der Waals surface area contributed by atoms with Gasteiger partial charge in [0.2, 0.25) is 11.8 Å². The average Bonchev–Trinajstić information content (AvgIpc) is 2.89. The number of aryl methyl sites for hydroxylation is 1. The third kappa shape index (κ3) is 12.4. The number of aliphatic hydroxyl groups excluding tert-OH is 1. The Hall–Kier alpha value is -1.73. The molecule has 8 nitrogen and oxygen atoms in total. The zero-order chi connectivity index (χ0) is 28.0. The highest BCUT2D eigenvalue weighted by Crippen LogP contribution is 2.44. The molecular formula is C29H49N2O6P. The van der Waals surface area contributed by atoms with Gasteiger partial charge in [0.05, 0.1) is 18.3 Å². The molecule has 1 aliphatic rings. The number of hydrogen-bond acceptors (Lipinski definition) is 5. The molecule has 0 aliphatic heterocycles. The van der Waals surface area contributed by atoms with Crippen LogP contribution in [0, 0.1) is 11.8 Å². The Labute approximate surface area is 228 Å². The topological polar surface area (TPSA) is 125 Å². The van der Waals surface area contributed by atoms with E-state index >= 15 is 0 Å². The molecule has 216 valence electrons. The number of amides is 2. The molecule has 1 aliphatic carbocycles. The van der Waals surface area contributed by atoms with E-state index in [1.165, 1.54) is 13.3 Å². The predicted molar refractivity (Wildman–Crippen MR) is 151 cm³/mol. The van der Waals surface area contributed by atoms with E-state index < -0.39 is 37.7 Å². The Morgan fingerprint density at radius 2 is 1.76 bits per heavy atom. The third-order valence-corrected chi connectivity index (χ3v) is 8.94. The Morgan fingerprint density at radius 3 is 2.42 bits per heavy atom. The maximum Gasteiger partial charge on any atom is 0.328 e. The number of rotatable bonds is 17. The van der Waals surface area contributed by atoms with Gasteiger partial charge in [0.25, 0.3) is 0 Å². The molecule has 1 saturated carbocycles. The Bertz CT molecular complexity index is 877. The van der Waals surface area contributed by atoms with Gasteiger partial charge < -0.3 is 20.6 Å². The van der Waals surface area contributed by atoms with E-state index in [9.17, 15) is 24.2 Å². The molecule has 1 fully saturated rings. The first-order valence-electron chi connectivity index (χ1n) is 14.4. The Balaban J connectivity index is 1.93. The minimum atomic E-state index is -3.97. The van der Waals surface area contributed by atoms with Crippen LogP contribution in [0.5, 0.6) is 0 Å². The highest BCUT2D eigenvalue weighted by atomic mass is 31.2. The van der Waals surface area contributed by atoms with E-state index in [4.69, 9.17) is 4.52 Å². The summed E-state index contributed by atoms with van der Waals surface area (Å²) in [5.74, 6) is -0.644. The molecule has 2 rings (SSSR count). The number of hydrogen-bond donors (Lipinski definition) is 4. The quantitative estimate of drug-likeness (QED) is 0.160. The van der Waals surface area contributed by atoms with Crippen molar-refractivity contribution >= 4 is 19.4 Å². The van der Waals surface area contributed by atoms with Crippen LogP contribution < -0.4 is 10.6 Å². The molecule has 1 unspecified atom stereocenters. The summed E-state index contributed by atoms with van der Waals surface area (Å²) in [4.78, 5) is 35.8. The lowest BCUT2D eigenvalue weighted by Crippen LogP contribution is -2.49. The van der Waals surface area contributed by atoms with Crippen molar-refractivity contribution in [1.29, 1.82) is 0 Å². The lowest BCUT2D eigenvalue weighted by Gasteiger charge is -2.32. The van der Waals surface area contributed by atoms with Crippen molar-refractivity contribution in [3.8, 4) is 0 Å². The van der Waals surface area contributed by atoms with E-state index in [1.54, 1.807) is 6.92 Å². The highest BCUT2D eigenvalue weighted by Gasteiger charge is 2.32. The van der Waals surface area contributed by atoms with E-state index in [2.05, 4.69) is 17.6 Å². The second-order valence-corrected chi connectivity index (χ2v) is 12.8. The minimum Gasteiger partial charge on any atom is -0.391 e. The van der Waals surface area contributed by atoms with Crippen LogP contribution in [-0.2, 0) is 25.1 Å². The van der Waals surface area contributed by atoms with Crippen LogP contribution in [-0.4, -0.2) is 52.8 Å². The summed E-state index contributed by atoms with van der Waals surface area (Å²) in [7, 11) is -3.97. The first kappa shape index (κ1) is 32.5. The maximum absolute atomic E-state index is 13.0. The second-order valence-electron chi connectivity index (χ2n) is 10.9. The van der Waals surface area contributed by atoms with Gasteiger partial charge in [-0.05, 0) is 50.5 Å². The van der Waals surface area contributed by atoms with Gasteiger partial charge in [-0.3, -0.25) is 18.7 Å². The van der Waals surface area contributed by atoms with E-state index in [0.717, 1.165) is 44.1 Å². The number of unbranched alkanes of at least 4 members (excludes halogenated alkanes) is 1. The average molecular weight is 553 g/mol. The zero-order valence-corrected chi connectivity index (χ0v) is 24.3. The van der Waals surface area contributed by atoms with Crippen molar-refractivity contribution in [1.82, 2.24) is 10.6 Å². The number of benzene rings is 1. The van der Waals surface area contributed by atoms with Crippen molar-refractivity contribution in [2.45, 2.75) is 110 Å². The summed E-state index contributed by atoms with van der Waals surface area (Å²) in [5, 5.41) is 16.9. The smallest absolute Gasteiger partial charge is 0.328 e. The molecule has 5 atom stereocenters. The molecule has 0 aromatic heterocycles. The number of nitrogens with one attached hydrogen (secondary N) is 2. The fourth-order valence-electron chi connectivity index (χ4n) is 5.07. The molecule has 9 heteroatoms. The first-order chi connectivity index (χ1) is 18.1. The molecule has 38 heavy (non-hydrogen) atoms. The monoisotopic (exact) mass is 552 g/mol. The fraction of sp³-hybridized carbons (Fsp3) is 0.724. The number of carbonyl (C=O) groups excluding carboxylic acids is 2. The van der Waals surface area contributed by atoms with Crippen molar-refractivity contribution in [3.05, 3.63) is 35.9 Å². The predicted octanol–water partition coefficient (Wildman–Crippen LogP) is 4.97. The largest absolute Gasteiger partial charge is 0.391 e. The van der Waals surface area contributed by atoms with E-state index in [0.29, 0.717) is 31.7 Å². The highest BCUT2D eigenvalue weighted by molar-refractivity contribution is 7.52. The van der Waals surface area contributed by atoms with Crippen LogP contribution in [0.15, 0.2) is 30.3 Å². The summed E-state index contributed by atoms with van der Waals surface area (Å²) in [5.41, 5.74) is 1.08. The van der Waals surface area contributed by atoms with Gasteiger partial charge in [-0.2, -0.15) is 0 Å². The SMILES string of the molecule is CCCCNC(=O)[C@H](C)C[C@H](O)[C@H](CC1CCCCC1)NC(=O)[C@@H](C)OP(=O)(O)CCCc1ccccc1. The Morgan fingerprint density at radius 1 is 1.08 bits per heavy atom. The third-order valence-electron chi connectivity index (χ3n) is 7.42. The molecule has 0 radical (unpaired) electrons. The molecule has 0 saturated heterocycles. The molecule has 0 bridgehead atoms. The minimum absolute atomic E-state index is 0.0434. The molecule has 1 aromatic rings. The van der Waals surface area contributed by atoms with Crippen LogP contribution in [0.4, 0.5) is 0 Å². The van der Waals surface area contributed by atoms with Gasteiger partial charge >= 0.3 is 7.60 Å². The maximum atomic E-state index is 13.0. The zero-order valence-electron chi connectivity index (χ0n) is 23.4. The van der Waals surface area contributed by atoms with Crippen molar-refractivity contribution in [3.63, 3.8) is 0 Å². The summed E-state index contributed by atoms with van der Waals surface area (Å²) in [6, 6.07) is 9.15. The van der Waals surface area contributed by atoms with Crippen LogP contribution >= 0.6 is 7.60 Å². The lowest BCUT2D eigenvalue weighted by atomic mass is 9.82. The van der Waals surface area contributed by atoms with E-state index in [1.807, 2.05) is 30.3 Å². The summed E-state index contributed by atoms with van der Waals surface area (Å²) in [6.07, 6.45) is 7.30. The van der Waals surface area contributed by atoms with Crippen LogP contribution in [0.3, 0.4) is 0 Å². The van der Waals surface area contributed by atoms with Gasteiger partial charge in [0, 0.05) is 12.5 Å². The van der Waals surface area contributed by atoms with Gasteiger partial charge in [-0.1, -0.05) is 82.7 Å². The van der Waals surface area contributed by atoms with Crippen molar-refractivity contribution in [2.24, 2.45) is 11.8 Å². The van der Waals surface area contributed by atoms with Gasteiger partial charge in [0.15, 0.2) is 0 Å².